The third-order valence-electron chi connectivity index (χ3n) is 3.87. The first-order valence-corrected chi connectivity index (χ1v) is 7.84. The molecule has 1 aliphatic heterocycles. The van der Waals surface area contributed by atoms with Gasteiger partial charge in [-0.3, -0.25) is 0 Å². The number of nitrogens with one attached hydrogen (secondary N) is 2. The molecule has 0 atom stereocenters. The van der Waals surface area contributed by atoms with Gasteiger partial charge >= 0.3 is 6.03 Å². The largest absolute Gasteiger partial charge is 0.370 e. The minimum Gasteiger partial charge on any atom is -0.370 e. The standard InChI is InChI=1S/C15H21N5O2/c1-2-8-16-15(21)17-11-6-7-12(14-13(11)18-22-19-14)20-9-4-3-5-10-20/h6-7H,2-5,8-10H2,1H3,(H2,16,17,21). The van der Waals surface area contributed by atoms with Crippen LogP contribution in [0.25, 0.3) is 11.0 Å². The molecule has 0 radical (unpaired) electrons. The molecule has 0 bridgehead atoms. The van der Waals surface area contributed by atoms with E-state index < -0.39 is 0 Å². The van der Waals surface area contributed by atoms with Crippen molar-refractivity contribution in [3.05, 3.63) is 12.1 Å². The van der Waals surface area contributed by atoms with Crippen molar-refractivity contribution in [2.45, 2.75) is 32.6 Å². The summed E-state index contributed by atoms with van der Waals surface area (Å²) in [5.41, 5.74) is 2.94. The van der Waals surface area contributed by atoms with E-state index in [1.807, 2.05) is 19.1 Å². The molecular formula is C15H21N5O2. The molecule has 1 aromatic carbocycles. The van der Waals surface area contributed by atoms with E-state index in [1.165, 1.54) is 19.3 Å². The number of anilines is 2. The second kappa shape index (κ2) is 6.64. The number of aromatic nitrogens is 2. The number of carbonyl (C=O) groups excluding carboxylic acids is 1. The van der Waals surface area contributed by atoms with Crippen LogP contribution in [0.5, 0.6) is 0 Å². The summed E-state index contributed by atoms with van der Waals surface area (Å²) in [5.74, 6) is 0. The maximum absolute atomic E-state index is 11.8. The molecule has 0 spiro atoms. The first-order chi connectivity index (χ1) is 10.8. The van der Waals surface area contributed by atoms with Crippen LogP contribution in [0.1, 0.15) is 32.6 Å². The Morgan fingerprint density at radius 3 is 2.77 bits per heavy atom. The zero-order chi connectivity index (χ0) is 15.4. The van der Waals surface area contributed by atoms with Gasteiger partial charge in [0.2, 0.25) is 0 Å². The van der Waals surface area contributed by atoms with Gasteiger partial charge in [-0.05, 0) is 48.1 Å². The number of hydrogen-bond acceptors (Lipinski definition) is 5. The van der Waals surface area contributed by atoms with E-state index in [0.29, 0.717) is 23.3 Å². The summed E-state index contributed by atoms with van der Waals surface area (Å²) >= 11 is 0. The van der Waals surface area contributed by atoms with E-state index >= 15 is 0 Å². The summed E-state index contributed by atoms with van der Waals surface area (Å²) in [5, 5.41) is 13.6. The van der Waals surface area contributed by atoms with Gasteiger partial charge in [-0.15, -0.1) is 0 Å². The molecule has 2 N–H and O–H groups in total. The van der Waals surface area contributed by atoms with Crippen molar-refractivity contribution in [3.63, 3.8) is 0 Å². The van der Waals surface area contributed by atoms with Crippen molar-refractivity contribution >= 4 is 28.4 Å². The zero-order valence-electron chi connectivity index (χ0n) is 12.8. The Labute approximate surface area is 129 Å². The van der Waals surface area contributed by atoms with Gasteiger partial charge < -0.3 is 15.5 Å². The Morgan fingerprint density at radius 1 is 1.23 bits per heavy atom. The minimum absolute atomic E-state index is 0.239. The number of rotatable bonds is 4. The number of carbonyl (C=O) groups is 1. The predicted molar refractivity (Wildman–Crippen MR) is 85.2 cm³/mol. The molecular weight excluding hydrogens is 282 g/mol. The molecule has 1 saturated heterocycles. The molecule has 118 valence electrons. The fourth-order valence-electron chi connectivity index (χ4n) is 2.75. The highest BCUT2D eigenvalue weighted by molar-refractivity contribution is 6.02. The second-order valence-electron chi connectivity index (χ2n) is 5.52. The SMILES string of the molecule is CCCNC(=O)Nc1ccc(N2CCCCC2)c2nonc12. The Morgan fingerprint density at radius 2 is 2.00 bits per heavy atom. The summed E-state index contributed by atoms with van der Waals surface area (Å²) in [7, 11) is 0. The van der Waals surface area contributed by atoms with Crippen molar-refractivity contribution in [2.75, 3.05) is 29.9 Å². The summed E-state index contributed by atoms with van der Waals surface area (Å²) in [6.07, 6.45) is 4.54. The van der Waals surface area contributed by atoms with E-state index in [4.69, 9.17) is 4.63 Å². The molecule has 1 aliphatic rings. The Kier molecular flexibility index (Phi) is 4.41. The number of benzene rings is 1. The Hall–Kier alpha value is -2.31. The molecule has 1 fully saturated rings. The molecule has 2 heterocycles. The van der Waals surface area contributed by atoms with E-state index in [2.05, 4.69) is 25.8 Å². The maximum atomic E-state index is 11.8. The van der Waals surface area contributed by atoms with Crippen molar-refractivity contribution in [1.29, 1.82) is 0 Å². The zero-order valence-corrected chi connectivity index (χ0v) is 12.8. The average molecular weight is 303 g/mol. The van der Waals surface area contributed by atoms with Gasteiger partial charge in [0.25, 0.3) is 0 Å². The van der Waals surface area contributed by atoms with Crippen molar-refractivity contribution < 1.29 is 9.42 Å². The predicted octanol–water partition coefficient (Wildman–Crippen LogP) is 2.74. The lowest BCUT2D eigenvalue weighted by Gasteiger charge is -2.28. The third-order valence-corrected chi connectivity index (χ3v) is 3.87. The average Bonchev–Trinajstić information content (AvgIpc) is 3.04. The van der Waals surface area contributed by atoms with Crippen LogP contribution in [0.15, 0.2) is 16.8 Å². The lowest BCUT2D eigenvalue weighted by atomic mass is 10.1. The van der Waals surface area contributed by atoms with Crippen LogP contribution >= 0.6 is 0 Å². The van der Waals surface area contributed by atoms with Crippen LogP contribution in [-0.2, 0) is 0 Å². The van der Waals surface area contributed by atoms with E-state index in [9.17, 15) is 4.79 Å². The monoisotopic (exact) mass is 303 g/mol. The van der Waals surface area contributed by atoms with Gasteiger partial charge in [-0.25, -0.2) is 9.42 Å². The molecule has 2 amide bonds. The normalized spacial score (nSPS) is 15.0. The van der Waals surface area contributed by atoms with Crippen LogP contribution in [0.3, 0.4) is 0 Å². The smallest absolute Gasteiger partial charge is 0.319 e. The number of piperidine rings is 1. The second-order valence-corrected chi connectivity index (χ2v) is 5.52. The first kappa shape index (κ1) is 14.6. The topological polar surface area (TPSA) is 83.3 Å². The van der Waals surface area contributed by atoms with E-state index in [-0.39, 0.29) is 6.03 Å². The van der Waals surface area contributed by atoms with Gasteiger partial charge in [0.05, 0.1) is 11.4 Å². The molecule has 1 aromatic heterocycles. The van der Waals surface area contributed by atoms with Gasteiger partial charge in [-0.1, -0.05) is 6.92 Å². The lowest BCUT2D eigenvalue weighted by molar-refractivity contribution is 0.252. The van der Waals surface area contributed by atoms with Gasteiger partial charge in [0.15, 0.2) is 11.0 Å². The fourth-order valence-corrected chi connectivity index (χ4v) is 2.75. The number of fused-ring (bicyclic) bond motifs is 1. The summed E-state index contributed by atoms with van der Waals surface area (Å²) in [6.45, 7) is 4.68. The summed E-state index contributed by atoms with van der Waals surface area (Å²) in [4.78, 5) is 14.1. The van der Waals surface area contributed by atoms with Crippen LogP contribution in [-0.4, -0.2) is 36.0 Å². The molecule has 0 aliphatic carbocycles. The first-order valence-electron chi connectivity index (χ1n) is 7.84. The quantitative estimate of drug-likeness (QED) is 0.907. The number of hydrogen-bond donors (Lipinski definition) is 2. The number of urea groups is 1. The van der Waals surface area contributed by atoms with Crippen molar-refractivity contribution in [2.24, 2.45) is 0 Å². The van der Waals surface area contributed by atoms with Crippen LogP contribution in [0.2, 0.25) is 0 Å². The molecule has 7 heteroatoms. The highest BCUT2D eigenvalue weighted by Crippen LogP contribution is 2.31. The highest BCUT2D eigenvalue weighted by Gasteiger charge is 2.19. The van der Waals surface area contributed by atoms with Gasteiger partial charge in [0.1, 0.15) is 0 Å². The van der Waals surface area contributed by atoms with Crippen LogP contribution in [0, 0.1) is 0 Å². The van der Waals surface area contributed by atoms with Gasteiger partial charge in [-0.2, -0.15) is 0 Å². The summed E-state index contributed by atoms with van der Waals surface area (Å²) < 4.78 is 4.90. The molecule has 7 nitrogen and oxygen atoms in total. The minimum atomic E-state index is -0.239. The van der Waals surface area contributed by atoms with E-state index in [0.717, 1.165) is 25.2 Å². The number of amides is 2. The molecule has 22 heavy (non-hydrogen) atoms. The van der Waals surface area contributed by atoms with Crippen LogP contribution in [0.4, 0.5) is 16.2 Å². The molecule has 0 saturated carbocycles. The number of nitrogens with zero attached hydrogens (tertiary/aromatic N) is 3. The van der Waals surface area contributed by atoms with Crippen LogP contribution < -0.4 is 15.5 Å². The van der Waals surface area contributed by atoms with Gasteiger partial charge in [0, 0.05) is 19.6 Å². The molecule has 2 aromatic rings. The Balaban J connectivity index is 1.84. The maximum Gasteiger partial charge on any atom is 0.319 e. The van der Waals surface area contributed by atoms with Crippen molar-refractivity contribution in [3.8, 4) is 0 Å². The third kappa shape index (κ3) is 2.98. The molecule has 3 rings (SSSR count). The van der Waals surface area contributed by atoms with E-state index in [1.54, 1.807) is 0 Å². The summed E-state index contributed by atoms with van der Waals surface area (Å²) in [6, 6.07) is 3.60. The fraction of sp³-hybridized carbons (Fsp3) is 0.533. The van der Waals surface area contributed by atoms with Crippen molar-refractivity contribution in [1.82, 2.24) is 15.6 Å². The molecule has 0 unspecified atom stereocenters. The lowest BCUT2D eigenvalue weighted by Crippen LogP contribution is -2.30. The highest BCUT2D eigenvalue weighted by atomic mass is 16.6. The Bertz CT molecular complexity index is 648.